The number of nitrogens with one attached hydrogen (secondary N) is 1. The van der Waals surface area contributed by atoms with Gasteiger partial charge in [-0.15, -0.1) is 0 Å². The van der Waals surface area contributed by atoms with Gasteiger partial charge in [0.1, 0.15) is 5.69 Å². The molecule has 0 spiro atoms. The molecule has 0 bridgehead atoms. The van der Waals surface area contributed by atoms with Crippen LogP contribution in [0, 0.1) is 5.41 Å². The molecule has 0 radical (unpaired) electrons. The highest BCUT2D eigenvalue weighted by Gasteiger charge is 2.41. The van der Waals surface area contributed by atoms with E-state index in [1.807, 2.05) is 0 Å². The van der Waals surface area contributed by atoms with Crippen molar-refractivity contribution < 1.29 is 9.90 Å². The van der Waals surface area contributed by atoms with E-state index in [0.29, 0.717) is 12.2 Å². The fourth-order valence-electron chi connectivity index (χ4n) is 1.86. The lowest BCUT2D eigenvalue weighted by Crippen LogP contribution is -2.31. The third-order valence-electron chi connectivity index (χ3n) is 3.27. The Labute approximate surface area is 94.5 Å². The van der Waals surface area contributed by atoms with Gasteiger partial charge in [0.15, 0.2) is 0 Å². The van der Waals surface area contributed by atoms with Gasteiger partial charge in [-0.3, -0.25) is 4.79 Å². The Morgan fingerprint density at radius 2 is 2.44 bits per heavy atom. The van der Waals surface area contributed by atoms with Crippen molar-refractivity contribution in [3.8, 4) is 0 Å². The monoisotopic (exact) mass is 223 g/mol. The van der Waals surface area contributed by atoms with Crippen molar-refractivity contribution in [3.05, 3.63) is 18.2 Å². The number of carbonyl (C=O) groups is 1. The minimum Gasteiger partial charge on any atom is -0.396 e. The number of nitrogens with zero attached hydrogens (tertiary/aromatic N) is 2. The molecule has 5 heteroatoms. The molecule has 0 aromatic carbocycles. The van der Waals surface area contributed by atoms with Crippen LogP contribution in [0.25, 0.3) is 0 Å². The summed E-state index contributed by atoms with van der Waals surface area (Å²) in [7, 11) is 1.79. The van der Waals surface area contributed by atoms with E-state index in [-0.39, 0.29) is 17.9 Å². The number of hydrogen-bond donors (Lipinski definition) is 2. The predicted molar refractivity (Wildman–Crippen MR) is 58.9 cm³/mol. The Balaban J connectivity index is 1.87. The van der Waals surface area contributed by atoms with Crippen molar-refractivity contribution in [3.63, 3.8) is 0 Å². The lowest BCUT2D eigenvalue weighted by molar-refractivity contribution is 0.0932. The molecule has 16 heavy (non-hydrogen) atoms. The molecule has 1 fully saturated rings. The van der Waals surface area contributed by atoms with Crippen LogP contribution in [0.15, 0.2) is 12.5 Å². The molecule has 88 valence electrons. The van der Waals surface area contributed by atoms with E-state index in [0.717, 1.165) is 19.3 Å². The number of aliphatic hydroxyl groups is 1. The highest BCUT2D eigenvalue weighted by molar-refractivity contribution is 5.92. The summed E-state index contributed by atoms with van der Waals surface area (Å²) in [5, 5.41) is 11.8. The first-order valence-electron chi connectivity index (χ1n) is 5.52. The van der Waals surface area contributed by atoms with Crippen LogP contribution in [0.3, 0.4) is 0 Å². The van der Waals surface area contributed by atoms with E-state index >= 15 is 0 Å². The Bertz CT molecular complexity index is 382. The Hall–Kier alpha value is -1.36. The molecule has 1 amide bonds. The van der Waals surface area contributed by atoms with E-state index in [2.05, 4.69) is 10.3 Å². The second-order valence-electron chi connectivity index (χ2n) is 4.55. The van der Waals surface area contributed by atoms with Crippen molar-refractivity contribution in [2.75, 3.05) is 13.2 Å². The predicted octanol–water partition coefficient (Wildman–Crippen LogP) is 0.312. The molecule has 0 aliphatic heterocycles. The molecule has 1 aliphatic carbocycles. The second-order valence-corrected chi connectivity index (χ2v) is 4.55. The zero-order valence-corrected chi connectivity index (χ0v) is 9.44. The maximum absolute atomic E-state index is 11.8. The molecule has 0 saturated heterocycles. The fraction of sp³-hybridized carbons (Fsp3) is 0.636. The third kappa shape index (κ3) is 2.24. The van der Waals surface area contributed by atoms with Gasteiger partial charge in [0.2, 0.25) is 0 Å². The third-order valence-corrected chi connectivity index (χ3v) is 3.27. The fourth-order valence-corrected chi connectivity index (χ4v) is 1.86. The smallest absolute Gasteiger partial charge is 0.269 e. The Morgan fingerprint density at radius 3 is 2.94 bits per heavy atom. The topological polar surface area (TPSA) is 67.2 Å². The van der Waals surface area contributed by atoms with E-state index in [4.69, 9.17) is 5.11 Å². The standard InChI is InChI=1S/C11H17N3O2/c1-14-8-12-6-9(14)10(16)13-7-11(2-3-11)4-5-15/h6,8,15H,2-5,7H2,1H3,(H,13,16). The lowest BCUT2D eigenvalue weighted by Gasteiger charge is -2.14. The zero-order chi connectivity index (χ0) is 11.6. The average Bonchev–Trinajstić information content (AvgIpc) is 2.89. The van der Waals surface area contributed by atoms with Gasteiger partial charge in [-0.25, -0.2) is 4.98 Å². The Morgan fingerprint density at radius 1 is 1.69 bits per heavy atom. The van der Waals surface area contributed by atoms with E-state index in [9.17, 15) is 4.79 Å². The SMILES string of the molecule is Cn1cncc1C(=O)NCC1(CCO)CC1. The number of hydrogen-bond acceptors (Lipinski definition) is 3. The van der Waals surface area contributed by atoms with Crippen molar-refractivity contribution in [1.29, 1.82) is 0 Å². The number of imidazole rings is 1. The van der Waals surface area contributed by atoms with Crippen LogP contribution in [-0.2, 0) is 7.05 Å². The van der Waals surface area contributed by atoms with Crippen molar-refractivity contribution in [2.45, 2.75) is 19.3 Å². The van der Waals surface area contributed by atoms with Crippen molar-refractivity contribution >= 4 is 5.91 Å². The quantitative estimate of drug-likeness (QED) is 0.755. The van der Waals surface area contributed by atoms with Gasteiger partial charge in [0.25, 0.3) is 5.91 Å². The van der Waals surface area contributed by atoms with Gasteiger partial charge in [0, 0.05) is 20.2 Å². The second kappa shape index (κ2) is 4.25. The molecular formula is C11H17N3O2. The minimum absolute atomic E-state index is 0.0933. The molecule has 0 atom stereocenters. The molecule has 2 rings (SSSR count). The maximum Gasteiger partial charge on any atom is 0.269 e. The highest BCUT2D eigenvalue weighted by atomic mass is 16.3. The molecule has 1 aromatic heterocycles. The molecular weight excluding hydrogens is 206 g/mol. The summed E-state index contributed by atoms with van der Waals surface area (Å²) in [4.78, 5) is 15.7. The molecule has 1 aromatic rings. The van der Waals surface area contributed by atoms with Crippen LogP contribution in [-0.4, -0.2) is 33.7 Å². The molecule has 5 nitrogen and oxygen atoms in total. The number of rotatable bonds is 5. The summed E-state index contributed by atoms with van der Waals surface area (Å²) >= 11 is 0. The average molecular weight is 223 g/mol. The van der Waals surface area contributed by atoms with Crippen LogP contribution >= 0.6 is 0 Å². The van der Waals surface area contributed by atoms with Gasteiger partial charge < -0.3 is 15.0 Å². The minimum atomic E-state index is -0.0933. The highest BCUT2D eigenvalue weighted by Crippen LogP contribution is 2.47. The van der Waals surface area contributed by atoms with Crippen LogP contribution in [0.4, 0.5) is 0 Å². The van der Waals surface area contributed by atoms with Crippen LogP contribution < -0.4 is 5.32 Å². The van der Waals surface area contributed by atoms with Crippen LogP contribution in [0.2, 0.25) is 0 Å². The summed E-state index contributed by atoms with van der Waals surface area (Å²) in [6, 6.07) is 0. The number of aliphatic hydroxyl groups excluding tert-OH is 1. The molecule has 0 unspecified atom stereocenters. The zero-order valence-electron chi connectivity index (χ0n) is 9.44. The normalized spacial score (nSPS) is 17.1. The van der Waals surface area contributed by atoms with Gasteiger partial charge in [-0.2, -0.15) is 0 Å². The summed E-state index contributed by atoms with van der Waals surface area (Å²) in [5.74, 6) is -0.0933. The lowest BCUT2D eigenvalue weighted by atomic mass is 10.0. The number of aromatic nitrogens is 2. The van der Waals surface area contributed by atoms with Crippen LogP contribution in [0.5, 0.6) is 0 Å². The first-order chi connectivity index (χ1) is 7.67. The molecule has 2 N–H and O–H groups in total. The molecule has 1 heterocycles. The largest absolute Gasteiger partial charge is 0.396 e. The molecule has 1 aliphatic rings. The van der Waals surface area contributed by atoms with Crippen molar-refractivity contribution in [1.82, 2.24) is 14.9 Å². The number of aryl methyl sites for hydroxylation is 1. The summed E-state index contributed by atoms with van der Waals surface area (Å²) < 4.78 is 1.70. The van der Waals surface area contributed by atoms with Gasteiger partial charge in [0.05, 0.1) is 12.5 Å². The number of carbonyl (C=O) groups excluding carboxylic acids is 1. The van der Waals surface area contributed by atoms with Gasteiger partial charge in [-0.1, -0.05) is 0 Å². The maximum atomic E-state index is 11.8. The van der Waals surface area contributed by atoms with E-state index < -0.39 is 0 Å². The van der Waals surface area contributed by atoms with E-state index in [1.54, 1.807) is 24.1 Å². The number of amides is 1. The first kappa shape index (κ1) is 11.1. The molecule has 1 saturated carbocycles. The Kier molecular flexibility index (Phi) is 2.96. The van der Waals surface area contributed by atoms with Gasteiger partial charge in [-0.05, 0) is 24.7 Å². The van der Waals surface area contributed by atoms with Crippen molar-refractivity contribution in [2.24, 2.45) is 12.5 Å². The summed E-state index contributed by atoms with van der Waals surface area (Å²) in [5.41, 5.74) is 0.725. The van der Waals surface area contributed by atoms with Gasteiger partial charge >= 0.3 is 0 Å². The summed E-state index contributed by atoms with van der Waals surface area (Å²) in [6.07, 6.45) is 6.13. The van der Waals surface area contributed by atoms with E-state index in [1.165, 1.54) is 0 Å². The first-order valence-corrected chi connectivity index (χ1v) is 5.52. The summed E-state index contributed by atoms with van der Waals surface area (Å²) in [6.45, 7) is 0.846. The van der Waals surface area contributed by atoms with Crippen LogP contribution in [0.1, 0.15) is 29.8 Å².